The number of rotatable bonds is 1. The van der Waals surface area contributed by atoms with E-state index in [0.717, 1.165) is 20.0 Å². The Morgan fingerprint density at radius 1 is 1.50 bits per heavy atom. The highest BCUT2D eigenvalue weighted by Gasteiger charge is 2.06. The number of halogens is 1. The summed E-state index contributed by atoms with van der Waals surface area (Å²) in [5.41, 5.74) is 1.90. The maximum absolute atomic E-state index is 11.2. The molecular formula is C10H9INOP. The molecule has 0 N–H and O–H groups in total. The van der Waals surface area contributed by atoms with Crippen LogP contribution in [-0.4, -0.2) is 10.1 Å². The van der Waals surface area contributed by atoms with Crippen LogP contribution in [-0.2, 0) is 0 Å². The molecule has 1 unspecified atom stereocenters. The van der Waals surface area contributed by atoms with Gasteiger partial charge in [-0.2, -0.15) is 0 Å². The van der Waals surface area contributed by atoms with E-state index >= 15 is 0 Å². The van der Waals surface area contributed by atoms with Crippen molar-refractivity contribution in [3.05, 3.63) is 33.5 Å². The highest BCUT2D eigenvalue weighted by Crippen LogP contribution is 2.25. The molecular weight excluding hydrogens is 308 g/mol. The second-order valence-corrected chi connectivity index (χ2v) is 4.89. The second kappa shape index (κ2) is 3.63. The number of benzene rings is 1. The molecule has 1 atom stereocenters. The van der Waals surface area contributed by atoms with Crippen LogP contribution in [0.5, 0.6) is 0 Å². The Morgan fingerprint density at radius 2 is 2.21 bits per heavy atom. The third-order valence-electron chi connectivity index (χ3n) is 2.19. The summed E-state index contributed by atoms with van der Waals surface area (Å²) in [6, 6.07) is 5.78. The van der Waals surface area contributed by atoms with E-state index in [0.29, 0.717) is 0 Å². The molecule has 4 heteroatoms. The predicted octanol–water partition coefficient (Wildman–Crippen LogP) is 3.09. The standard InChI is InChI=1S/C10H9INOP/c1-6(13)7-2-3-10-8(4-7)9(11)5-12(10)14/h2-5H,14H2,1H3. The molecule has 2 nitrogen and oxygen atoms in total. The zero-order chi connectivity index (χ0) is 10.3. The van der Waals surface area contributed by atoms with Crippen LogP contribution < -0.4 is 0 Å². The van der Waals surface area contributed by atoms with Gasteiger partial charge in [-0.25, -0.2) is 0 Å². The van der Waals surface area contributed by atoms with Crippen LogP contribution in [0.25, 0.3) is 10.9 Å². The first-order valence-electron chi connectivity index (χ1n) is 4.16. The third kappa shape index (κ3) is 1.59. The molecule has 1 heterocycles. The quantitative estimate of drug-likeness (QED) is 0.450. The van der Waals surface area contributed by atoms with Gasteiger partial charge < -0.3 is 4.34 Å². The Hall–Kier alpha value is -0.410. The first-order valence-corrected chi connectivity index (χ1v) is 5.75. The molecule has 0 saturated carbocycles. The number of hydrogen-bond acceptors (Lipinski definition) is 1. The van der Waals surface area contributed by atoms with Crippen LogP contribution in [0.3, 0.4) is 0 Å². The van der Waals surface area contributed by atoms with Crippen LogP contribution in [0.4, 0.5) is 0 Å². The first kappa shape index (κ1) is 10.1. The van der Waals surface area contributed by atoms with Gasteiger partial charge in [-0.15, -0.1) is 0 Å². The van der Waals surface area contributed by atoms with Crippen molar-refractivity contribution in [1.82, 2.24) is 4.34 Å². The van der Waals surface area contributed by atoms with E-state index in [4.69, 9.17) is 0 Å². The van der Waals surface area contributed by atoms with Crippen molar-refractivity contribution in [3.8, 4) is 0 Å². The Kier molecular flexibility index (Phi) is 2.62. The summed E-state index contributed by atoms with van der Waals surface area (Å²) >= 11 is 2.27. The van der Waals surface area contributed by atoms with Gasteiger partial charge in [0.15, 0.2) is 5.78 Å². The number of ketones is 1. The van der Waals surface area contributed by atoms with Crippen LogP contribution in [0.15, 0.2) is 24.4 Å². The lowest BCUT2D eigenvalue weighted by atomic mass is 10.1. The molecule has 0 aliphatic heterocycles. The van der Waals surface area contributed by atoms with E-state index in [1.807, 2.05) is 28.7 Å². The molecule has 0 spiro atoms. The molecule has 0 aliphatic rings. The van der Waals surface area contributed by atoms with Gasteiger partial charge in [0.05, 0.1) is 5.52 Å². The number of carbonyl (C=O) groups excluding carboxylic acids is 1. The molecule has 0 saturated heterocycles. The zero-order valence-corrected chi connectivity index (χ0v) is 10.9. The summed E-state index contributed by atoms with van der Waals surface area (Å²) in [6.45, 7) is 1.59. The van der Waals surface area contributed by atoms with Crippen LogP contribution >= 0.6 is 32.0 Å². The topological polar surface area (TPSA) is 22.0 Å². The van der Waals surface area contributed by atoms with Crippen LogP contribution in [0.2, 0.25) is 0 Å². The summed E-state index contributed by atoms with van der Waals surface area (Å²) in [7, 11) is 2.63. The highest BCUT2D eigenvalue weighted by atomic mass is 127. The number of carbonyl (C=O) groups is 1. The molecule has 0 amide bonds. The van der Waals surface area contributed by atoms with E-state index in [9.17, 15) is 4.79 Å². The Bertz CT molecular complexity index is 518. The van der Waals surface area contributed by atoms with Gasteiger partial charge in [0.1, 0.15) is 0 Å². The number of Topliss-reactive ketones (excluding diaryl/α,β-unsaturated/α-hetero) is 1. The van der Waals surface area contributed by atoms with Gasteiger partial charge in [0, 0.05) is 20.7 Å². The maximum Gasteiger partial charge on any atom is 0.159 e. The molecule has 0 fully saturated rings. The molecule has 0 bridgehead atoms. The first-order chi connectivity index (χ1) is 6.59. The highest BCUT2D eigenvalue weighted by molar-refractivity contribution is 14.1. The average molecular weight is 317 g/mol. The van der Waals surface area contributed by atoms with Crippen molar-refractivity contribution in [2.75, 3.05) is 0 Å². The molecule has 1 aromatic carbocycles. The van der Waals surface area contributed by atoms with Gasteiger partial charge in [-0.05, 0) is 57.1 Å². The maximum atomic E-state index is 11.2. The monoisotopic (exact) mass is 317 g/mol. The Morgan fingerprint density at radius 3 is 2.86 bits per heavy atom. The minimum absolute atomic E-state index is 0.110. The lowest BCUT2D eigenvalue weighted by Crippen LogP contribution is -1.90. The van der Waals surface area contributed by atoms with Crippen molar-refractivity contribution in [3.63, 3.8) is 0 Å². The zero-order valence-electron chi connectivity index (χ0n) is 7.62. The number of hydrogen-bond donors (Lipinski definition) is 0. The minimum atomic E-state index is 0.110. The third-order valence-corrected chi connectivity index (χ3v) is 3.48. The van der Waals surface area contributed by atoms with E-state index in [2.05, 4.69) is 32.0 Å². The van der Waals surface area contributed by atoms with Crippen molar-refractivity contribution in [1.29, 1.82) is 0 Å². The van der Waals surface area contributed by atoms with E-state index < -0.39 is 0 Å². The molecule has 0 aliphatic carbocycles. The lowest BCUT2D eigenvalue weighted by Gasteiger charge is -1.98. The number of fused-ring (bicyclic) bond motifs is 1. The summed E-state index contributed by atoms with van der Waals surface area (Å²) in [5.74, 6) is 0.110. The number of aromatic nitrogens is 1. The fourth-order valence-corrected chi connectivity index (χ4v) is 2.84. The van der Waals surface area contributed by atoms with Crippen LogP contribution in [0, 0.1) is 3.57 Å². The minimum Gasteiger partial charge on any atom is -0.331 e. The summed E-state index contributed by atoms with van der Waals surface area (Å²) in [4.78, 5) is 11.2. The summed E-state index contributed by atoms with van der Waals surface area (Å²) in [6.07, 6.45) is 2.03. The predicted molar refractivity (Wildman–Crippen MR) is 69.8 cm³/mol. The van der Waals surface area contributed by atoms with E-state index in [1.54, 1.807) is 6.92 Å². The van der Waals surface area contributed by atoms with Gasteiger partial charge in [0.25, 0.3) is 0 Å². The second-order valence-electron chi connectivity index (χ2n) is 3.17. The Balaban J connectivity index is 2.77. The van der Waals surface area contributed by atoms with Gasteiger partial charge >= 0.3 is 0 Å². The Labute approximate surface area is 98.1 Å². The largest absolute Gasteiger partial charge is 0.331 e. The fraction of sp³-hybridized carbons (Fsp3) is 0.100. The van der Waals surface area contributed by atoms with Crippen molar-refractivity contribution in [2.24, 2.45) is 0 Å². The van der Waals surface area contributed by atoms with Gasteiger partial charge in [-0.1, -0.05) is 0 Å². The SMILES string of the molecule is CC(=O)c1ccc2c(c1)c(I)cn2P. The lowest BCUT2D eigenvalue weighted by molar-refractivity contribution is 0.101. The van der Waals surface area contributed by atoms with E-state index in [-0.39, 0.29) is 5.78 Å². The smallest absolute Gasteiger partial charge is 0.159 e. The van der Waals surface area contributed by atoms with Crippen molar-refractivity contribution in [2.45, 2.75) is 6.92 Å². The average Bonchev–Trinajstić information content (AvgIpc) is 2.42. The van der Waals surface area contributed by atoms with Gasteiger partial charge in [-0.3, -0.25) is 4.79 Å². The van der Waals surface area contributed by atoms with Crippen molar-refractivity contribution < 1.29 is 4.79 Å². The van der Waals surface area contributed by atoms with E-state index in [1.165, 1.54) is 0 Å². The molecule has 14 heavy (non-hydrogen) atoms. The summed E-state index contributed by atoms with van der Waals surface area (Å²) in [5, 5.41) is 1.13. The molecule has 72 valence electrons. The van der Waals surface area contributed by atoms with Crippen molar-refractivity contribution >= 4 is 48.7 Å². The molecule has 2 rings (SSSR count). The van der Waals surface area contributed by atoms with Gasteiger partial charge in [0.2, 0.25) is 0 Å². The number of nitrogens with zero attached hydrogens (tertiary/aromatic N) is 1. The summed E-state index contributed by atoms with van der Waals surface area (Å²) < 4.78 is 3.15. The molecule has 2 aromatic rings. The normalized spacial score (nSPS) is 10.8. The molecule has 0 radical (unpaired) electrons. The fourth-order valence-electron chi connectivity index (χ4n) is 1.43. The molecule has 1 aromatic heterocycles. The van der Waals surface area contributed by atoms with Crippen LogP contribution in [0.1, 0.15) is 17.3 Å².